The monoisotopic (exact) mass is 414 g/mol. The van der Waals surface area contributed by atoms with Gasteiger partial charge in [-0.2, -0.15) is 0 Å². The Balaban J connectivity index is -0.0000000369. The predicted molar refractivity (Wildman–Crippen MR) is 91.2 cm³/mol. The summed E-state index contributed by atoms with van der Waals surface area (Å²) in [5.74, 6) is 0. The van der Waals surface area contributed by atoms with E-state index < -0.39 is 0 Å². The maximum atomic E-state index is 3.47. The van der Waals surface area contributed by atoms with Gasteiger partial charge >= 0.3 is 0 Å². The molecule has 0 bridgehead atoms. The Labute approximate surface area is 137 Å². The van der Waals surface area contributed by atoms with Crippen molar-refractivity contribution in [3.8, 4) is 0 Å². The van der Waals surface area contributed by atoms with E-state index in [-0.39, 0.29) is 23.9 Å². The Hall–Kier alpha value is 1.02. The van der Waals surface area contributed by atoms with E-state index in [9.17, 15) is 0 Å². The molecule has 17 heavy (non-hydrogen) atoms. The smallest absolute Gasteiger partial charge is 0 e. The van der Waals surface area contributed by atoms with Gasteiger partial charge in [0.05, 0.1) is 0 Å². The second-order valence-corrected chi connectivity index (χ2v) is 5.03. The summed E-state index contributed by atoms with van der Waals surface area (Å²) in [4.78, 5) is 0. The van der Waals surface area contributed by atoms with Crippen LogP contribution in [0, 0.1) is 0 Å². The zero-order valence-electron chi connectivity index (χ0n) is 13.3. The molecule has 0 heterocycles. The van der Waals surface area contributed by atoms with Crippen LogP contribution in [-0.4, -0.2) is 23.9 Å². The average Bonchev–Trinajstić information content (AvgIpc) is 2.28. The van der Waals surface area contributed by atoms with Gasteiger partial charge in [-0.15, -0.1) is 0 Å². The normalized spacial score (nSPS) is 6.82. The summed E-state index contributed by atoms with van der Waals surface area (Å²) >= 11 is 3.08. The van der Waals surface area contributed by atoms with Gasteiger partial charge in [0.1, 0.15) is 0 Å². The van der Waals surface area contributed by atoms with Crippen molar-refractivity contribution in [2.45, 2.75) is 87.0 Å². The van der Waals surface area contributed by atoms with Crippen LogP contribution in [0.5, 0.6) is 0 Å². The molecule has 0 spiro atoms. The number of rotatable bonds is 3. The van der Waals surface area contributed by atoms with Crippen molar-refractivity contribution in [3.63, 3.8) is 0 Å². The first kappa shape index (κ1) is 30.8. The fraction of sp³-hybridized carbons (Fsp3) is 0.867. The largest absolute Gasteiger partial charge is 0.0891 e. The minimum absolute atomic E-state index is 0. The molecule has 0 N–H and O–H groups in total. The van der Waals surface area contributed by atoms with Crippen LogP contribution in [0.15, 0.2) is 11.1 Å². The Morgan fingerprint density at radius 1 is 0.706 bits per heavy atom. The Kier molecular flexibility index (Phi) is 78.8. The van der Waals surface area contributed by atoms with E-state index in [1.165, 1.54) is 38.5 Å². The van der Waals surface area contributed by atoms with Crippen LogP contribution < -0.4 is 0 Å². The molecular formula is C15H35BrSn. The quantitative estimate of drug-likeness (QED) is 0.439. The molecule has 0 aromatic rings. The first-order valence-electron chi connectivity index (χ1n) is 6.79. The molecule has 0 fully saturated rings. The fourth-order valence-electron chi connectivity index (χ4n) is 0. The SMILES string of the molecule is C=C(C)Br.CCCC.CCCC.CCCC.[Sn]. The van der Waals surface area contributed by atoms with Crippen molar-refractivity contribution in [2.24, 2.45) is 0 Å². The van der Waals surface area contributed by atoms with Crippen LogP contribution in [0.3, 0.4) is 0 Å². The molecule has 0 aromatic carbocycles. The number of allylic oxidation sites excluding steroid dienone is 1. The van der Waals surface area contributed by atoms with Gasteiger partial charge in [-0.05, 0) is 11.4 Å². The van der Waals surface area contributed by atoms with Crippen LogP contribution in [0.2, 0.25) is 0 Å². The van der Waals surface area contributed by atoms with Crippen LogP contribution in [0.1, 0.15) is 87.0 Å². The molecule has 0 unspecified atom stereocenters. The molecule has 0 amide bonds. The van der Waals surface area contributed by atoms with Gasteiger partial charge < -0.3 is 0 Å². The van der Waals surface area contributed by atoms with E-state index in [1.807, 2.05) is 6.92 Å². The summed E-state index contributed by atoms with van der Waals surface area (Å²) in [6.45, 7) is 18.4. The van der Waals surface area contributed by atoms with Crippen LogP contribution in [-0.2, 0) is 0 Å². The Morgan fingerprint density at radius 2 is 0.765 bits per heavy atom. The molecular weight excluding hydrogens is 379 g/mol. The molecule has 0 aliphatic carbocycles. The van der Waals surface area contributed by atoms with Crippen molar-refractivity contribution in [3.05, 3.63) is 11.1 Å². The first-order chi connectivity index (χ1) is 7.47. The van der Waals surface area contributed by atoms with E-state index >= 15 is 0 Å². The Morgan fingerprint density at radius 3 is 0.765 bits per heavy atom. The van der Waals surface area contributed by atoms with E-state index in [2.05, 4.69) is 64.1 Å². The van der Waals surface area contributed by atoms with Gasteiger partial charge in [-0.1, -0.05) is 103 Å². The molecule has 106 valence electrons. The first-order valence-corrected chi connectivity index (χ1v) is 7.58. The summed E-state index contributed by atoms with van der Waals surface area (Å²) in [6.07, 6.45) is 7.92. The van der Waals surface area contributed by atoms with Crippen molar-refractivity contribution < 1.29 is 0 Å². The maximum Gasteiger partial charge on any atom is 0 e. The minimum Gasteiger partial charge on any atom is -0.0891 e. The second kappa shape index (κ2) is 43.5. The fourth-order valence-corrected chi connectivity index (χ4v) is 0. The van der Waals surface area contributed by atoms with Gasteiger partial charge in [0.2, 0.25) is 0 Å². The van der Waals surface area contributed by atoms with E-state index in [1.54, 1.807) is 0 Å². The summed E-state index contributed by atoms with van der Waals surface area (Å²) in [6, 6.07) is 0. The third kappa shape index (κ3) is 238. The minimum atomic E-state index is 0. The van der Waals surface area contributed by atoms with Crippen LogP contribution in [0.25, 0.3) is 0 Å². The summed E-state index contributed by atoms with van der Waals surface area (Å²) < 4.78 is 0.979. The van der Waals surface area contributed by atoms with E-state index in [0.29, 0.717) is 0 Å². The molecule has 2 heteroatoms. The molecule has 0 aliphatic heterocycles. The number of hydrogen-bond donors (Lipinski definition) is 0. The number of hydrogen-bond acceptors (Lipinski definition) is 0. The molecule has 0 rings (SSSR count). The summed E-state index contributed by atoms with van der Waals surface area (Å²) in [5, 5.41) is 0. The third-order valence-electron chi connectivity index (χ3n) is 1.50. The topological polar surface area (TPSA) is 0 Å². The van der Waals surface area contributed by atoms with E-state index in [0.717, 1.165) is 4.48 Å². The number of halogens is 1. The van der Waals surface area contributed by atoms with Crippen molar-refractivity contribution >= 4 is 39.8 Å². The summed E-state index contributed by atoms with van der Waals surface area (Å²) in [7, 11) is 0. The van der Waals surface area contributed by atoms with Crippen LogP contribution in [0.4, 0.5) is 0 Å². The van der Waals surface area contributed by atoms with Crippen molar-refractivity contribution in [1.82, 2.24) is 0 Å². The number of unbranched alkanes of at least 4 members (excludes halogenated alkanes) is 3. The zero-order valence-corrected chi connectivity index (χ0v) is 17.8. The third-order valence-corrected chi connectivity index (χ3v) is 1.50. The van der Waals surface area contributed by atoms with Gasteiger partial charge in [-0.25, -0.2) is 0 Å². The standard InChI is InChI=1S/3C4H10.C3H5Br.Sn/c3*1-3-4-2;1-3(2)4;/h3*3-4H2,1-2H3;1H2,2H3;. The van der Waals surface area contributed by atoms with Gasteiger partial charge in [0.15, 0.2) is 0 Å². The van der Waals surface area contributed by atoms with Crippen molar-refractivity contribution in [2.75, 3.05) is 0 Å². The predicted octanol–water partition coefficient (Wildman–Crippen LogP) is 6.95. The molecule has 0 saturated heterocycles. The Bertz CT molecular complexity index is 73.4. The van der Waals surface area contributed by atoms with Gasteiger partial charge in [0, 0.05) is 23.9 Å². The average molecular weight is 414 g/mol. The second-order valence-electron chi connectivity index (χ2n) is 3.68. The molecule has 0 atom stereocenters. The molecule has 0 saturated carbocycles. The van der Waals surface area contributed by atoms with E-state index in [4.69, 9.17) is 0 Å². The van der Waals surface area contributed by atoms with Gasteiger partial charge in [0.25, 0.3) is 0 Å². The van der Waals surface area contributed by atoms with Crippen molar-refractivity contribution in [1.29, 1.82) is 0 Å². The molecule has 4 radical (unpaired) electrons. The molecule has 0 aliphatic rings. The molecule has 0 aromatic heterocycles. The van der Waals surface area contributed by atoms with Gasteiger partial charge in [-0.3, -0.25) is 0 Å². The van der Waals surface area contributed by atoms with Crippen LogP contribution >= 0.6 is 15.9 Å². The summed E-state index contributed by atoms with van der Waals surface area (Å²) in [5.41, 5.74) is 0. The molecule has 0 nitrogen and oxygen atoms in total. The maximum absolute atomic E-state index is 3.47. The zero-order chi connectivity index (χ0) is 13.8.